The molecule has 0 fully saturated rings. The molecular formula is C15H14FN3O2. The summed E-state index contributed by atoms with van der Waals surface area (Å²) in [6.07, 6.45) is 0. The van der Waals surface area contributed by atoms with Crippen LogP contribution >= 0.6 is 0 Å². The Morgan fingerprint density at radius 2 is 1.81 bits per heavy atom. The maximum absolute atomic E-state index is 13.1. The average Bonchev–Trinajstić information content (AvgIpc) is 2.49. The van der Waals surface area contributed by atoms with Gasteiger partial charge in [-0.15, -0.1) is 0 Å². The monoisotopic (exact) mass is 287 g/mol. The molecule has 0 atom stereocenters. The fourth-order valence-corrected chi connectivity index (χ4v) is 1.68. The van der Waals surface area contributed by atoms with E-state index in [4.69, 9.17) is 5.73 Å². The van der Waals surface area contributed by atoms with Gasteiger partial charge >= 0.3 is 0 Å². The van der Waals surface area contributed by atoms with Gasteiger partial charge in [0.2, 0.25) is 5.91 Å². The summed E-state index contributed by atoms with van der Waals surface area (Å²) >= 11 is 0. The third-order valence-corrected chi connectivity index (χ3v) is 2.73. The van der Waals surface area contributed by atoms with Crippen molar-refractivity contribution in [3.8, 4) is 0 Å². The smallest absolute Gasteiger partial charge is 0.251 e. The predicted octanol–water partition coefficient (Wildman–Crippen LogP) is 1.78. The predicted molar refractivity (Wildman–Crippen MR) is 78.2 cm³/mol. The number of carbonyl (C=O) groups excluding carboxylic acids is 2. The molecule has 0 saturated heterocycles. The van der Waals surface area contributed by atoms with Gasteiger partial charge in [0.15, 0.2) is 0 Å². The van der Waals surface area contributed by atoms with Gasteiger partial charge < -0.3 is 16.4 Å². The average molecular weight is 287 g/mol. The van der Waals surface area contributed by atoms with Crippen molar-refractivity contribution in [3.05, 3.63) is 59.9 Å². The van der Waals surface area contributed by atoms with Crippen LogP contribution in [0.2, 0.25) is 0 Å². The Bertz CT molecular complexity index is 659. The molecule has 4 N–H and O–H groups in total. The normalized spacial score (nSPS) is 9.95. The lowest BCUT2D eigenvalue weighted by Gasteiger charge is -2.09. The van der Waals surface area contributed by atoms with Crippen LogP contribution in [0.1, 0.15) is 10.4 Å². The van der Waals surface area contributed by atoms with E-state index in [-0.39, 0.29) is 23.8 Å². The van der Waals surface area contributed by atoms with Crippen LogP contribution in [0, 0.1) is 5.82 Å². The Balaban J connectivity index is 1.91. The molecule has 0 bridgehead atoms. The first-order valence-corrected chi connectivity index (χ1v) is 6.24. The van der Waals surface area contributed by atoms with Crippen molar-refractivity contribution in [2.75, 3.05) is 17.6 Å². The number of carbonyl (C=O) groups is 2. The number of benzene rings is 2. The molecular weight excluding hydrogens is 273 g/mol. The fraction of sp³-hybridized carbons (Fsp3) is 0.0667. The van der Waals surface area contributed by atoms with Crippen LogP contribution in [0.5, 0.6) is 0 Å². The number of rotatable bonds is 4. The Labute approximate surface area is 121 Å². The van der Waals surface area contributed by atoms with Crippen molar-refractivity contribution < 1.29 is 14.0 Å². The SMILES string of the molecule is Nc1ccc(F)cc1NC(=O)CNC(=O)c1ccccc1. The number of nitrogens with one attached hydrogen (secondary N) is 2. The van der Waals surface area contributed by atoms with E-state index >= 15 is 0 Å². The minimum atomic E-state index is -0.507. The highest BCUT2D eigenvalue weighted by atomic mass is 19.1. The van der Waals surface area contributed by atoms with Gasteiger partial charge in [-0.2, -0.15) is 0 Å². The molecule has 0 aromatic heterocycles. The van der Waals surface area contributed by atoms with Gasteiger partial charge in [0.1, 0.15) is 5.82 Å². The molecule has 0 spiro atoms. The minimum absolute atomic E-state index is 0.175. The van der Waals surface area contributed by atoms with Gasteiger partial charge in [-0.25, -0.2) is 4.39 Å². The van der Waals surface area contributed by atoms with Crippen LogP contribution in [0.4, 0.5) is 15.8 Å². The summed E-state index contributed by atoms with van der Waals surface area (Å²) in [4.78, 5) is 23.5. The standard InChI is InChI=1S/C15H14FN3O2/c16-11-6-7-12(17)13(8-11)19-14(20)9-18-15(21)10-4-2-1-3-5-10/h1-8H,9,17H2,(H,18,21)(H,19,20). The fourth-order valence-electron chi connectivity index (χ4n) is 1.68. The molecule has 0 aliphatic rings. The summed E-state index contributed by atoms with van der Waals surface area (Å²) in [5.41, 5.74) is 6.49. The number of amides is 2. The first-order chi connectivity index (χ1) is 10.1. The van der Waals surface area contributed by atoms with Crippen molar-refractivity contribution >= 4 is 23.2 Å². The van der Waals surface area contributed by atoms with Gasteiger partial charge in [0.05, 0.1) is 17.9 Å². The Kier molecular flexibility index (Phi) is 4.50. The van der Waals surface area contributed by atoms with Crippen LogP contribution in [0.15, 0.2) is 48.5 Å². The molecule has 108 valence electrons. The molecule has 2 aromatic carbocycles. The van der Waals surface area contributed by atoms with Crippen LogP contribution in [0.25, 0.3) is 0 Å². The summed E-state index contributed by atoms with van der Waals surface area (Å²) in [7, 11) is 0. The molecule has 0 heterocycles. The molecule has 21 heavy (non-hydrogen) atoms. The van der Waals surface area contributed by atoms with Crippen molar-refractivity contribution in [2.45, 2.75) is 0 Å². The zero-order chi connectivity index (χ0) is 15.2. The van der Waals surface area contributed by atoms with E-state index in [1.807, 2.05) is 0 Å². The van der Waals surface area contributed by atoms with Crippen LogP contribution in [0.3, 0.4) is 0 Å². The van der Waals surface area contributed by atoms with Crippen LogP contribution in [-0.2, 0) is 4.79 Å². The second-order valence-electron chi connectivity index (χ2n) is 4.33. The summed E-state index contributed by atoms with van der Waals surface area (Å²) in [5.74, 6) is -1.36. The topological polar surface area (TPSA) is 84.2 Å². The largest absolute Gasteiger partial charge is 0.397 e. The highest BCUT2D eigenvalue weighted by molar-refractivity contribution is 6.00. The molecule has 0 aliphatic heterocycles. The van der Waals surface area contributed by atoms with Crippen molar-refractivity contribution in [1.82, 2.24) is 5.32 Å². The number of hydrogen-bond acceptors (Lipinski definition) is 3. The first kappa shape index (κ1) is 14.5. The van der Waals surface area contributed by atoms with E-state index in [9.17, 15) is 14.0 Å². The van der Waals surface area contributed by atoms with Gasteiger partial charge in [0.25, 0.3) is 5.91 Å². The molecule has 0 unspecified atom stereocenters. The van der Waals surface area contributed by atoms with Crippen molar-refractivity contribution in [2.24, 2.45) is 0 Å². The molecule has 0 aliphatic carbocycles. The molecule has 2 aromatic rings. The third-order valence-electron chi connectivity index (χ3n) is 2.73. The third kappa shape index (κ3) is 4.04. The number of hydrogen-bond donors (Lipinski definition) is 3. The second kappa shape index (κ2) is 6.51. The molecule has 0 radical (unpaired) electrons. The maximum atomic E-state index is 13.1. The lowest BCUT2D eigenvalue weighted by Crippen LogP contribution is -2.33. The van der Waals surface area contributed by atoms with E-state index in [2.05, 4.69) is 10.6 Å². The lowest BCUT2D eigenvalue weighted by molar-refractivity contribution is -0.115. The first-order valence-electron chi connectivity index (χ1n) is 6.24. The van der Waals surface area contributed by atoms with E-state index < -0.39 is 11.7 Å². The number of nitrogens with two attached hydrogens (primary N) is 1. The maximum Gasteiger partial charge on any atom is 0.251 e. The molecule has 0 saturated carbocycles. The zero-order valence-corrected chi connectivity index (χ0v) is 11.1. The molecule has 2 amide bonds. The van der Waals surface area contributed by atoms with E-state index in [0.29, 0.717) is 5.56 Å². The van der Waals surface area contributed by atoms with Crippen molar-refractivity contribution in [1.29, 1.82) is 0 Å². The summed E-state index contributed by atoms with van der Waals surface area (Å²) in [6, 6.07) is 12.2. The van der Waals surface area contributed by atoms with Gasteiger partial charge in [-0.3, -0.25) is 9.59 Å². The number of nitrogen functional groups attached to an aromatic ring is 1. The van der Waals surface area contributed by atoms with Crippen LogP contribution < -0.4 is 16.4 Å². The zero-order valence-electron chi connectivity index (χ0n) is 11.1. The minimum Gasteiger partial charge on any atom is -0.397 e. The Hall–Kier alpha value is -2.89. The highest BCUT2D eigenvalue weighted by Gasteiger charge is 2.09. The van der Waals surface area contributed by atoms with E-state index in [0.717, 1.165) is 6.07 Å². The van der Waals surface area contributed by atoms with E-state index in [1.165, 1.54) is 12.1 Å². The Morgan fingerprint density at radius 3 is 2.52 bits per heavy atom. The van der Waals surface area contributed by atoms with Gasteiger partial charge in [-0.05, 0) is 30.3 Å². The summed E-state index contributed by atoms with van der Waals surface area (Å²) < 4.78 is 13.1. The highest BCUT2D eigenvalue weighted by Crippen LogP contribution is 2.18. The van der Waals surface area contributed by atoms with Crippen LogP contribution in [-0.4, -0.2) is 18.4 Å². The Morgan fingerprint density at radius 1 is 1.10 bits per heavy atom. The number of halogens is 1. The van der Waals surface area contributed by atoms with Gasteiger partial charge in [0, 0.05) is 5.56 Å². The summed E-state index contributed by atoms with van der Waals surface area (Å²) in [5, 5.41) is 4.91. The van der Waals surface area contributed by atoms with Gasteiger partial charge in [-0.1, -0.05) is 18.2 Å². The molecule has 5 nitrogen and oxygen atoms in total. The molecule has 2 rings (SSSR count). The summed E-state index contributed by atoms with van der Waals surface area (Å²) in [6.45, 7) is -0.232. The van der Waals surface area contributed by atoms with E-state index in [1.54, 1.807) is 30.3 Å². The van der Waals surface area contributed by atoms with Crippen molar-refractivity contribution in [3.63, 3.8) is 0 Å². The quantitative estimate of drug-likeness (QED) is 0.749. The second-order valence-corrected chi connectivity index (χ2v) is 4.33. The lowest BCUT2D eigenvalue weighted by atomic mass is 10.2. The molecule has 6 heteroatoms. The number of anilines is 2.